The lowest BCUT2D eigenvalue weighted by Gasteiger charge is -2.21. The Morgan fingerprint density at radius 3 is 2.76 bits per heavy atom. The average Bonchev–Trinajstić information content (AvgIpc) is 2.85. The number of aliphatic carboxylic acids is 1. The van der Waals surface area contributed by atoms with E-state index in [0.717, 1.165) is 0 Å². The summed E-state index contributed by atoms with van der Waals surface area (Å²) in [7, 11) is 0. The van der Waals surface area contributed by atoms with E-state index in [1.165, 1.54) is 11.0 Å². The monoisotopic (exact) mass is 236 g/mol. The Labute approximate surface area is 97.5 Å². The number of amides is 1. The van der Waals surface area contributed by atoms with Crippen LogP contribution in [0.4, 0.5) is 0 Å². The Balaban J connectivity index is 2.30. The SMILES string of the molecule is Cc1noc(C)c1C(=O)N1CC=C[C@@H]1C(=O)O. The molecule has 0 unspecified atom stereocenters. The van der Waals surface area contributed by atoms with Crippen LogP contribution >= 0.6 is 0 Å². The first kappa shape index (κ1) is 11.4. The van der Waals surface area contributed by atoms with E-state index >= 15 is 0 Å². The van der Waals surface area contributed by atoms with E-state index in [4.69, 9.17) is 9.63 Å². The van der Waals surface area contributed by atoms with Gasteiger partial charge in [-0.2, -0.15) is 0 Å². The highest BCUT2D eigenvalue weighted by Gasteiger charge is 2.33. The van der Waals surface area contributed by atoms with Gasteiger partial charge in [0.15, 0.2) is 0 Å². The van der Waals surface area contributed by atoms with Gasteiger partial charge in [-0.3, -0.25) is 4.79 Å². The van der Waals surface area contributed by atoms with Gasteiger partial charge in [0, 0.05) is 6.54 Å². The van der Waals surface area contributed by atoms with Crippen LogP contribution in [0.5, 0.6) is 0 Å². The van der Waals surface area contributed by atoms with Crippen LogP contribution < -0.4 is 0 Å². The van der Waals surface area contributed by atoms with Crippen molar-refractivity contribution in [2.75, 3.05) is 6.54 Å². The number of carbonyl (C=O) groups excluding carboxylic acids is 1. The van der Waals surface area contributed by atoms with Gasteiger partial charge in [0.05, 0.1) is 5.69 Å². The smallest absolute Gasteiger partial charge is 0.330 e. The lowest BCUT2D eigenvalue weighted by molar-refractivity contribution is -0.140. The molecule has 2 rings (SSSR count). The normalized spacial score (nSPS) is 18.7. The summed E-state index contributed by atoms with van der Waals surface area (Å²) >= 11 is 0. The molecule has 0 saturated carbocycles. The highest BCUT2D eigenvalue weighted by Crippen LogP contribution is 2.19. The summed E-state index contributed by atoms with van der Waals surface area (Å²) in [5, 5.41) is 12.7. The van der Waals surface area contributed by atoms with E-state index in [-0.39, 0.29) is 5.91 Å². The van der Waals surface area contributed by atoms with Crippen molar-refractivity contribution in [3.63, 3.8) is 0 Å². The lowest BCUT2D eigenvalue weighted by atomic mass is 10.1. The van der Waals surface area contributed by atoms with Crippen LogP contribution in [0.25, 0.3) is 0 Å². The minimum Gasteiger partial charge on any atom is -0.479 e. The summed E-state index contributed by atoms with van der Waals surface area (Å²) in [6.07, 6.45) is 3.16. The quantitative estimate of drug-likeness (QED) is 0.766. The van der Waals surface area contributed by atoms with Crippen molar-refractivity contribution in [2.45, 2.75) is 19.9 Å². The molecule has 2 heterocycles. The largest absolute Gasteiger partial charge is 0.479 e. The van der Waals surface area contributed by atoms with Gasteiger partial charge >= 0.3 is 5.97 Å². The highest BCUT2D eigenvalue weighted by molar-refractivity contribution is 5.99. The second-order valence-electron chi connectivity index (χ2n) is 3.87. The molecule has 1 aliphatic rings. The zero-order valence-corrected chi connectivity index (χ0v) is 9.51. The molecule has 1 aromatic heterocycles. The minimum atomic E-state index is -1.04. The van der Waals surface area contributed by atoms with E-state index in [2.05, 4.69) is 5.16 Å². The Kier molecular flexibility index (Phi) is 2.71. The number of aromatic nitrogens is 1. The molecule has 0 spiro atoms. The maximum Gasteiger partial charge on any atom is 0.330 e. The zero-order valence-electron chi connectivity index (χ0n) is 9.51. The van der Waals surface area contributed by atoms with E-state index in [1.807, 2.05) is 0 Å². The molecule has 0 aliphatic carbocycles. The van der Waals surface area contributed by atoms with Crippen LogP contribution in [0.1, 0.15) is 21.8 Å². The van der Waals surface area contributed by atoms with Crippen molar-refractivity contribution in [3.05, 3.63) is 29.2 Å². The average molecular weight is 236 g/mol. The Morgan fingerprint density at radius 1 is 1.53 bits per heavy atom. The van der Waals surface area contributed by atoms with Crippen molar-refractivity contribution in [1.82, 2.24) is 10.1 Å². The first-order chi connectivity index (χ1) is 8.02. The van der Waals surface area contributed by atoms with Gasteiger partial charge in [0.2, 0.25) is 0 Å². The molecule has 1 amide bonds. The van der Waals surface area contributed by atoms with Gasteiger partial charge in [-0.25, -0.2) is 4.79 Å². The molecule has 1 atom stereocenters. The number of hydrogen-bond donors (Lipinski definition) is 1. The Hall–Kier alpha value is -2.11. The maximum atomic E-state index is 12.2. The topological polar surface area (TPSA) is 83.6 Å². The molecule has 6 nitrogen and oxygen atoms in total. The molecule has 1 aromatic rings. The molecular weight excluding hydrogens is 224 g/mol. The Bertz CT molecular complexity index is 484. The summed E-state index contributed by atoms with van der Waals surface area (Å²) < 4.78 is 4.91. The van der Waals surface area contributed by atoms with Crippen LogP contribution in [0.15, 0.2) is 16.7 Å². The second kappa shape index (κ2) is 4.04. The van der Waals surface area contributed by atoms with E-state index in [0.29, 0.717) is 23.6 Å². The number of nitrogens with zero attached hydrogens (tertiary/aromatic N) is 2. The number of aryl methyl sites for hydroxylation is 2. The third-order valence-electron chi connectivity index (χ3n) is 2.72. The third-order valence-corrected chi connectivity index (χ3v) is 2.72. The highest BCUT2D eigenvalue weighted by atomic mass is 16.5. The van der Waals surface area contributed by atoms with Crippen molar-refractivity contribution < 1.29 is 19.2 Å². The minimum absolute atomic E-state index is 0.292. The fourth-order valence-corrected chi connectivity index (χ4v) is 1.88. The molecule has 6 heteroatoms. The summed E-state index contributed by atoms with van der Waals surface area (Å²) in [5.41, 5.74) is 0.823. The Morgan fingerprint density at radius 2 is 2.24 bits per heavy atom. The van der Waals surface area contributed by atoms with E-state index in [1.54, 1.807) is 19.9 Å². The van der Waals surface area contributed by atoms with E-state index < -0.39 is 12.0 Å². The molecule has 90 valence electrons. The summed E-state index contributed by atoms with van der Waals surface area (Å²) in [4.78, 5) is 24.4. The molecule has 0 aromatic carbocycles. The van der Waals surface area contributed by atoms with Gasteiger partial charge in [-0.15, -0.1) is 0 Å². The van der Waals surface area contributed by atoms with Crippen molar-refractivity contribution in [2.24, 2.45) is 0 Å². The molecular formula is C11H12N2O4. The van der Waals surface area contributed by atoms with Crippen LogP contribution in [0, 0.1) is 13.8 Å². The maximum absolute atomic E-state index is 12.2. The first-order valence-corrected chi connectivity index (χ1v) is 5.15. The van der Waals surface area contributed by atoms with Gasteiger partial charge in [-0.1, -0.05) is 17.3 Å². The van der Waals surface area contributed by atoms with Crippen LogP contribution in [0.3, 0.4) is 0 Å². The van der Waals surface area contributed by atoms with Crippen molar-refractivity contribution in [1.29, 1.82) is 0 Å². The van der Waals surface area contributed by atoms with Gasteiger partial charge in [0.1, 0.15) is 17.4 Å². The lowest BCUT2D eigenvalue weighted by Crippen LogP contribution is -2.41. The molecule has 0 bridgehead atoms. The second-order valence-corrected chi connectivity index (χ2v) is 3.87. The van der Waals surface area contributed by atoms with Crippen molar-refractivity contribution in [3.8, 4) is 0 Å². The molecule has 0 fully saturated rings. The molecule has 1 aliphatic heterocycles. The predicted molar refractivity (Wildman–Crippen MR) is 57.6 cm³/mol. The standard InChI is InChI=1S/C11H12N2O4/c1-6-9(7(2)17-12-6)10(14)13-5-3-4-8(13)11(15)16/h3-4,8H,5H2,1-2H3,(H,15,16)/t8-/m1/s1. The predicted octanol–water partition coefficient (Wildman–Crippen LogP) is 0.757. The van der Waals surface area contributed by atoms with Gasteiger partial charge in [-0.05, 0) is 13.8 Å². The number of carboxylic acids is 1. The van der Waals surface area contributed by atoms with E-state index in [9.17, 15) is 9.59 Å². The first-order valence-electron chi connectivity index (χ1n) is 5.15. The number of rotatable bonds is 2. The van der Waals surface area contributed by atoms with Crippen LogP contribution in [-0.4, -0.2) is 39.6 Å². The third kappa shape index (κ3) is 1.82. The van der Waals surface area contributed by atoms with Crippen molar-refractivity contribution >= 4 is 11.9 Å². The van der Waals surface area contributed by atoms with Crippen LogP contribution in [0.2, 0.25) is 0 Å². The van der Waals surface area contributed by atoms with Crippen LogP contribution in [-0.2, 0) is 4.79 Å². The molecule has 0 saturated heterocycles. The summed E-state index contributed by atoms with van der Waals surface area (Å²) in [5.74, 6) is -0.999. The number of hydrogen-bond acceptors (Lipinski definition) is 4. The van der Waals surface area contributed by atoms with Gasteiger partial charge in [0.25, 0.3) is 5.91 Å². The molecule has 1 N–H and O–H groups in total. The molecule has 17 heavy (non-hydrogen) atoms. The number of carbonyl (C=O) groups is 2. The van der Waals surface area contributed by atoms with Gasteiger partial charge < -0.3 is 14.5 Å². The summed E-state index contributed by atoms with van der Waals surface area (Å²) in [6, 6.07) is -0.906. The fraction of sp³-hybridized carbons (Fsp3) is 0.364. The zero-order chi connectivity index (χ0) is 12.6. The fourth-order valence-electron chi connectivity index (χ4n) is 1.88. The number of carboxylic acid groups (broad SMARTS) is 1. The summed E-state index contributed by atoms with van der Waals surface area (Å²) in [6.45, 7) is 3.58. The molecule has 0 radical (unpaired) electrons.